The standard InChI is InChI=1S/C19H24N4O2/c1-22-9-11-23(12-10-22)13-14-25-18-7-3-2-6-17(18)21-19(24)16-5-4-8-20-15-16/h2-8,15H,9-14H2,1H3,(H,21,24). The average Bonchev–Trinajstić information content (AvgIpc) is 2.65. The summed E-state index contributed by atoms with van der Waals surface area (Å²) in [4.78, 5) is 21.0. The molecule has 2 heterocycles. The van der Waals surface area contributed by atoms with Gasteiger partial charge in [0.1, 0.15) is 12.4 Å². The second-order valence-corrected chi connectivity index (χ2v) is 6.19. The monoisotopic (exact) mass is 340 g/mol. The van der Waals surface area contributed by atoms with Gasteiger partial charge in [0.05, 0.1) is 11.3 Å². The molecule has 132 valence electrons. The van der Waals surface area contributed by atoms with Crippen molar-refractivity contribution in [3.05, 3.63) is 54.4 Å². The lowest BCUT2D eigenvalue weighted by Crippen LogP contribution is -2.45. The molecule has 1 aromatic heterocycles. The highest BCUT2D eigenvalue weighted by Crippen LogP contribution is 2.24. The van der Waals surface area contributed by atoms with E-state index < -0.39 is 0 Å². The van der Waals surface area contributed by atoms with Crippen LogP contribution in [-0.2, 0) is 0 Å². The highest BCUT2D eigenvalue weighted by molar-refractivity contribution is 6.04. The summed E-state index contributed by atoms with van der Waals surface area (Å²) in [5, 5.41) is 2.90. The number of amides is 1. The number of carbonyl (C=O) groups excluding carboxylic acids is 1. The third kappa shape index (κ3) is 5.01. The summed E-state index contributed by atoms with van der Waals surface area (Å²) in [6.07, 6.45) is 3.19. The van der Waals surface area contributed by atoms with Crippen LogP contribution in [0.4, 0.5) is 5.69 Å². The van der Waals surface area contributed by atoms with Crippen molar-refractivity contribution in [3.8, 4) is 5.75 Å². The van der Waals surface area contributed by atoms with Gasteiger partial charge in [-0.3, -0.25) is 14.7 Å². The van der Waals surface area contributed by atoms with Gasteiger partial charge < -0.3 is 15.0 Å². The summed E-state index contributed by atoms with van der Waals surface area (Å²) in [7, 11) is 2.15. The molecule has 0 radical (unpaired) electrons. The molecule has 1 saturated heterocycles. The van der Waals surface area contributed by atoms with Crippen LogP contribution in [0.15, 0.2) is 48.8 Å². The van der Waals surface area contributed by atoms with Crippen molar-refractivity contribution >= 4 is 11.6 Å². The van der Waals surface area contributed by atoms with Crippen molar-refractivity contribution in [1.29, 1.82) is 0 Å². The number of ether oxygens (including phenoxy) is 1. The van der Waals surface area contributed by atoms with Crippen LogP contribution in [0.1, 0.15) is 10.4 Å². The Morgan fingerprint density at radius 2 is 1.96 bits per heavy atom. The van der Waals surface area contributed by atoms with Crippen molar-refractivity contribution in [2.75, 3.05) is 51.7 Å². The number of hydrogen-bond donors (Lipinski definition) is 1. The first-order valence-electron chi connectivity index (χ1n) is 8.56. The van der Waals surface area contributed by atoms with E-state index in [1.807, 2.05) is 24.3 Å². The molecule has 1 aromatic carbocycles. The van der Waals surface area contributed by atoms with Crippen molar-refractivity contribution < 1.29 is 9.53 Å². The predicted octanol–water partition coefficient (Wildman–Crippen LogP) is 1.96. The maximum Gasteiger partial charge on any atom is 0.257 e. The molecule has 2 aromatic rings. The number of nitrogens with zero attached hydrogens (tertiary/aromatic N) is 3. The Labute approximate surface area is 148 Å². The van der Waals surface area contributed by atoms with Crippen LogP contribution in [0.3, 0.4) is 0 Å². The van der Waals surface area contributed by atoms with Crippen LogP contribution in [0, 0.1) is 0 Å². The molecule has 1 fully saturated rings. The van der Waals surface area contributed by atoms with E-state index in [9.17, 15) is 4.79 Å². The van der Waals surface area contributed by atoms with Crippen LogP contribution in [-0.4, -0.2) is 67.1 Å². The van der Waals surface area contributed by atoms with E-state index in [-0.39, 0.29) is 5.91 Å². The number of piperazine rings is 1. The number of nitrogens with one attached hydrogen (secondary N) is 1. The molecule has 0 spiro atoms. The molecule has 0 bridgehead atoms. The Kier molecular flexibility index (Phi) is 5.98. The Morgan fingerprint density at radius 3 is 2.72 bits per heavy atom. The highest BCUT2D eigenvalue weighted by Gasteiger charge is 2.14. The van der Waals surface area contributed by atoms with Crippen molar-refractivity contribution in [2.45, 2.75) is 0 Å². The summed E-state index contributed by atoms with van der Waals surface area (Å²) < 4.78 is 5.92. The number of para-hydroxylation sites is 2. The smallest absolute Gasteiger partial charge is 0.257 e. The van der Waals surface area contributed by atoms with E-state index in [1.165, 1.54) is 0 Å². The van der Waals surface area contributed by atoms with Gasteiger partial charge in [-0.05, 0) is 31.3 Å². The average molecular weight is 340 g/mol. The van der Waals surface area contributed by atoms with E-state index in [0.29, 0.717) is 23.6 Å². The van der Waals surface area contributed by atoms with Crippen molar-refractivity contribution in [2.24, 2.45) is 0 Å². The van der Waals surface area contributed by atoms with Gasteiger partial charge in [-0.2, -0.15) is 0 Å². The van der Waals surface area contributed by atoms with E-state index in [4.69, 9.17) is 4.74 Å². The summed E-state index contributed by atoms with van der Waals surface area (Å²) in [5.41, 5.74) is 1.20. The second-order valence-electron chi connectivity index (χ2n) is 6.19. The largest absolute Gasteiger partial charge is 0.490 e. The van der Waals surface area contributed by atoms with E-state index in [2.05, 4.69) is 27.1 Å². The minimum absolute atomic E-state index is 0.191. The topological polar surface area (TPSA) is 57.7 Å². The minimum Gasteiger partial charge on any atom is -0.490 e. The summed E-state index contributed by atoms with van der Waals surface area (Å²) in [5.74, 6) is 0.497. The molecule has 0 atom stereocenters. The third-order valence-electron chi connectivity index (χ3n) is 4.32. The molecule has 0 saturated carbocycles. The molecule has 3 rings (SSSR count). The molecule has 1 aliphatic heterocycles. The Balaban J connectivity index is 1.55. The van der Waals surface area contributed by atoms with Crippen molar-refractivity contribution in [1.82, 2.24) is 14.8 Å². The first kappa shape index (κ1) is 17.4. The normalized spacial score (nSPS) is 15.7. The van der Waals surface area contributed by atoms with E-state index >= 15 is 0 Å². The van der Waals surface area contributed by atoms with Crippen LogP contribution in [0.25, 0.3) is 0 Å². The van der Waals surface area contributed by atoms with E-state index in [1.54, 1.807) is 24.5 Å². The van der Waals surface area contributed by atoms with Gasteiger partial charge >= 0.3 is 0 Å². The van der Waals surface area contributed by atoms with Gasteiger partial charge in [-0.1, -0.05) is 12.1 Å². The van der Waals surface area contributed by atoms with E-state index in [0.717, 1.165) is 32.7 Å². The molecular weight excluding hydrogens is 316 g/mol. The molecule has 1 N–H and O–H groups in total. The summed E-state index contributed by atoms with van der Waals surface area (Å²) in [6, 6.07) is 11.0. The van der Waals surface area contributed by atoms with Crippen LogP contribution in [0.5, 0.6) is 5.75 Å². The second kappa shape index (κ2) is 8.60. The number of aromatic nitrogens is 1. The SMILES string of the molecule is CN1CCN(CCOc2ccccc2NC(=O)c2cccnc2)CC1. The van der Waals surface area contributed by atoms with Gasteiger partial charge in [-0.25, -0.2) is 0 Å². The Morgan fingerprint density at radius 1 is 1.16 bits per heavy atom. The lowest BCUT2D eigenvalue weighted by Gasteiger charge is -2.32. The van der Waals surface area contributed by atoms with Crippen LogP contribution < -0.4 is 10.1 Å². The first-order valence-corrected chi connectivity index (χ1v) is 8.56. The van der Waals surface area contributed by atoms with Gasteiger partial charge in [-0.15, -0.1) is 0 Å². The number of hydrogen-bond acceptors (Lipinski definition) is 5. The molecule has 25 heavy (non-hydrogen) atoms. The lowest BCUT2D eigenvalue weighted by molar-refractivity contribution is 0.102. The number of pyridine rings is 1. The lowest BCUT2D eigenvalue weighted by atomic mass is 10.2. The van der Waals surface area contributed by atoms with Crippen LogP contribution in [0.2, 0.25) is 0 Å². The highest BCUT2D eigenvalue weighted by atomic mass is 16.5. The van der Waals surface area contributed by atoms with Gasteiger partial charge in [0.2, 0.25) is 0 Å². The first-order chi connectivity index (χ1) is 12.2. The number of benzene rings is 1. The quantitative estimate of drug-likeness (QED) is 0.871. The zero-order chi connectivity index (χ0) is 17.5. The Bertz CT molecular complexity index is 685. The molecule has 0 aliphatic carbocycles. The fourth-order valence-electron chi connectivity index (χ4n) is 2.74. The maximum atomic E-state index is 12.3. The zero-order valence-corrected chi connectivity index (χ0v) is 14.5. The fourth-order valence-corrected chi connectivity index (χ4v) is 2.74. The van der Waals surface area contributed by atoms with Crippen LogP contribution >= 0.6 is 0 Å². The number of likely N-dealkylation sites (N-methyl/N-ethyl adjacent to an activating group) is 1. The van der Waals surface area contributed by atoms with Gasteiger partial charge in [0.25, 0.3) is 5.91 Å². The number of carbonyl (C=O) groups is 1. The number of anilines is 1. The molecule has 1 aliphatic rings. The predicted molar refractivity (Wildman–Crippen MR) is 98.1 cm³/mol. The van der Waals surface area contributed by atoms with Gasteiger partial charge in [0.15, 0.2) is 0 Å². The van der Waals surface area contributed by atoms with Crippen molar-refractivity contribution in [3.63, 3.8) is 0 Å². The summed E-state index contributed by atoms with van der Waals surface area (Å²) >= 11 is 0. The molecule has 1 amide bonds. The molecule has 6 nitrogen and oxygen atoms in total. The molecular formula is C19H24N4O2. The molecule has 0 unspecified atom stereocenters. The minimum atomic E-state index is -0.191. The fraction of sp³-hybridized carbons (Fsp3) is 0.368. The molecule has 6 heteroatoms. The zero-order valence-electron chi connectivity index (χ0n) is 14.5. The summed E-state index contributed by atoms with van der Waals surface area (Å²) in [6.45, 7) is 5.82. The number of rotatable bonds is 6. The maximum absolute atomic E-state index is 12.3. The Hall–Kier alpha value is -2.44. The van der Waals surface area contributed by atoms with Gasteiger partial charge in [0, 0.05) is 45.1 Å². The third-order valence-corrected chi connectivity index (χ3v) is 4.32.